The second-order valence-electron chi connectivity index (χ2n) is 41.6. The lowest BCUT2D eigenvalue weighted by Gasteiger charge is -2.57. The van der Waals surface area contributed by atoms with Crippen LogP contribution in [0.3, 0.4) is 0 Å². The summed E-state index contributed by atoms with van der Waals surface area (Å²) >= 11 is 0. The highest BCUT2D eigenvalue weighted by molar-refractivity contribution is 7.88. The Balaban J connectivity index is 0.748. The second-order valence-corrected chi connectivity index (χ2v) is 58.0. The quantitative estimate of drug-likeness (QED) is 0.0633. The van der Waals surface area contributed by atoms with Crippen molar-refractivity contribution in [3.05, 3.63) is 0 Å². The minimum Gasteiger partial charge on any atom is -0.285 e. The van der Waals surface area contributed by atoms with Gasteiger partial charge in [0.25, 0.3) is 101 Å². The summed E-state index contributed by atoms with van der Waals surface area (Å²) in [6.07, 6.45) is 1.75. The molecule has 20 bridgehead atoms. The van der Waals surface area contributed by atoms with E-state index in [1.807, 2.05) is 13.8 Å². The van der Waals surface area contributed by atoms with Gasteiger partial charge in [-0.15, -0.1) is 0 Å². The number of fused-ring (bicyclic) bond motifs is 20. The van der Waals surface area contributed by atoms with E-state index in [9.17, 15) is 130 Å². The fourth-order valence-electron chi connectivity index (χ4n) is 38.0. The molecule has 0 aliphatic heterocycles. The molecule has 20 aliphatic rings. The third-order valence-corrected chi connectivity index (χ3v) is 52.3. The zero-order valence-corrected chi connectivity index (χ0v) is 69.9. The van der Waals surface area contributed by atoms with Gasteiger partial charge < -0.3 is 0 Å². The monoisotopic (exact) mass is 1770 g/mol. The zero-order valence-electron chi connectivity index (χ0n) is 61.7. The molecule has 0 aromatic rings. The molecule has 0 aromatic carbocycles. The predicted octanol–water partition coefficient (Wildman–Crippen LogP) is 6.31. The summed E-state index contributed by atoms with van der Waals surface area (Å²) in [5.41, 5.74) is 0. The summed E-state index contributed by atoms with van der Waals surface area (Å²) in [6, 6.07) is 0. The second kappa shape index (κ2) is 25.0. The minimum absolute atomic E-state index is 0.0337. The van der Waals surface area contributed by atoms with Crippen molar-refractivity contribution in [2.75, 3.05) is 0 Å². The number of hydrogen-bond donors (Lipinski definition) is 10. The van der Waals surface area contributed by atoms with Crippen LogP contribution in [0.1, 0.15) is 142 Å². The molecule has 20 saturated carbocycles. The molecule has 20 fully saturated rings. The summed E-state index contributed by atoms with van der Waals surface area (Å²) in [6.45, 7) is 3.89. The lowest BCUT2D eigenvalue weighted by Crippen LogP contribution is -2.57. The van der Waals surface area contributed by atoms with Gasteiger partial charge in [0.05, 0.1) is 52.5 Å². The molecule has 0 spiro atoms. The first-order valence-corrected chi connectivity index (χ1v) is 56.4. The van der Waals surface area contributed by atoms with Gasteiger partial charge in [-0.25, -0.2) is 0 Å². The SMILES string of the molecule is CC1C2CC(CC2S(=O)(=O)O)C1C1C2CC(CC2S(=O)(=O)O)C1C1C2CC(CC2S(=O)(=O)O)C1C1C2CC(CC2S(=O)(=O)O)C1C1C2CC(CC2S(=O)(=O)O)C1C1C2CC(CC2S(=O)(=O)O)C1C1C2CC(CC2S(=O)(=O)O)C1C1C2CC(CC2S(=O)(=O)O)C1C1C2CC(CC2S(=O)(=O)O)C1C1C(C)C2CC1C(S(=O)(=O)O)C2. The highest BCUT2D eigenvalue weighted by Crippen LogP contribution is 2.81. The number of rotatable bonds is 19. The maximum atomic E-state index is 14.4. The lowest BCUT2D eigenvalue weighted by atomic mass is 9.49. The van der Waals surface area contributed by atoms with Crippen molar-refractivity contribution >= 4 is 101 Å². The Morgan fingerprint density at radius 2 is 0.268 bits per heavy atom. The van der Waals surface area contributed by atoms with E-state index in [0.717, 1.165) is 0 Å². The molecule has 0 heterocycles. The maximum absolute atomic E-state index is 14.4. The molecule has 20 aliphatic carbocycles. The van der Waals surface area contributed by atoms with Gasteiger partial charge in [-0.05, 0) is 365 Å². The molecule has 40 heteroatoms. The van der Waals surface area contributed by atoms with Gasteiger partial charge in [0.15, 0.2) is 0 Å². The van der Waals surface area contributed by atoms with Crippen molar-refractivity contribution in [1.29, 1.82) is 0 Å². The van der Waals surface area contributed by atoms with Gasteiger partial charge in [-0.3, -0.25) is 45.5 Å². The molecule has 50 atom stereocenters. The molecule has 20 rings (SSSR count). The normalized spacial score (nSPS) is 57.5. The van der Waals surface area contributed by atoms with Crippen molar-refractivity contribution in [3.63, 3.8) is 0 Å². The standard InChI is InChI=1S/C72H106O30S10/c1-23-25-3-36(46(13-25)104(76,77)78)56(23)57-27-5-38(48(15-27)106(82,83)84)66(57)59-29-7-40(50(17-29)108(88,89)90)68(59)61-31-9-42(52(19-31)110(94,95)96)70(61)63-33-11-44(54(21-33)112(100,101)102)72(63)64-34-12-43(53(22-34)111(97,98)99)71(64)62-32-10-41(51(20-32)109(91,92)93)69(62)60-30-8-39(49(18-30)107(85,86)87)67(60)58-28-6-37(47(16-28)105(79,80)81)65(58)55-24(2)35-4-26(55)14-45(35)103(73,74)75/h23-72H,3-22H2,1-2H3,(H,73,74,75)(H,76,77,78)(H,79,80,81)(H,82,83,84)(H,85,86,87)(H,88,89,90)(H,91,92,93)(H,94,95,96)(H,97,98,99)(H,100,101,102). The van der Waals surface area contributed by atoms with Crippen LogP contribution in [-0.4, -0.2) is 182 Å². The first kappa shape index (κ1) is 79.6. The largest absolute Gasteiger partial charge is 0.285 e. The summed E-state index contributed by atoms with van der Waals surface area (Å²) < 4.78 is 393. The Morgan fingerprint density at radius 3 is 0.438 bits per heavy atom. The van der Waals surface area contributed by atoms with E-state index in [1.165, 1.54) is 0 Å². The highest BCUT2D eigenvalue weighted by Gasteiger charge is 2.79. The van der Waals surface area contributed by atoms with E-state index in [4.69, 9.17) is 0 Å². The average molecular weight is 1770 g/mol. The van der Waals surface area contributed by atoms with Crippen LogP contribution in [0.2, 0.25) is 0 Å². The summed E-state index contributed by atoms with van der Waals surface area (Å²) in [5.74, 6) is -26.7. The van der Waals surface area contributed by atoms with Crippen molar-refractivity contribution in [1.82, 2.24) is 0 Å². The minimum atomic E-state index is -5.00. The molecular weight excluding hydrogens is 1670 g/mol. The van der Waals surface area contributed by atoms with Crippen LogP contribution >= 0.6 is 0 Å². The summed E-state index contributed by atoms with van der Waals surface area (Å²) in [5, 5.41) is -13.3. The first-order valence-electron chi connectivity index (χ1n) is 41.3. The topological polar surface area (TPSA) is 544 Å². The Bertz CT molecular complexity index is 5200. The van der Waals surface area contributed by atoms with Crippen LogP contribution in [0.5, 0.6) is 0 Å². The first-order chi connectivity index (χ1) is 51.7. The van der Waals surface area contributed by atoms with Crippen LogP contribution in [0.15, 0.2) is 0 Å². The summed E-state index contributed by atoms with van der Waals surface area (Å²) in [7, 11) is -48.5. The van der Waals surface area contributed by atoms with Gasteiger partial charge in [-0.1, -0.05) is 13.8 Å². The van der Waals surface area contributed by atoms with Crippen LogP contribution in [0, 0.1) is 237 Å². The van der Waals surface area contributed by atoms with Crippen LogP contribution in [0.4, 0.5) is 0 Å². The predicted molar refractivity (Wildman–Crippen MR) is 397 cm³/mol. The van der Waals surface area contributed by atoms with Crippen molar-refractivity contribution in [3.8, 4) is 0 Å². The van der Waals surface area contributed by atoms with E-state index in [1.54, 1.807) is 0 Å². The van der Waals surface area contributed by atoms with E-state index in [0.29, 0.717) is 19.3 Å². The molecule has 0 saturated heterocycles. The third-order valence-electron chi connectivity index (χ3n) is 39.2. The van der Waals surface area contributed by atoms with Gasteiger partial charge in [-0.2, -0.15) is 84.2 Å². The Morgan fingerprint density at radius 1 is 0.143 bits per heavy atom. The maximum Gasteiger partial charge on any atom is 0.268 e. The molecule has 0 aromatic heterocycles. The molecule has 50 unspecified atom stereocenters. The molecular formula is C72H106O30S10. The third kappa shape index (κ3) is 11.4. The molecule has 30 nitrogen and oxygen atoms in total. The van der Waals surface area contributed by atoms with Gasteiger partial charge >= 0.3 is 0 Å². The van der Waals surface area contributed by atoms with E-state index in [-0.39, 0.29) is 133 Å². The van der Waals surface area contributed by atoms with Crippen molar-refractivity contribution < 1.29 is 130 Å². The van der Waals surface area contributed by atoms with Gasteiger partial charge in [0.1, 0.15) is 0 Å². The van der Waals surface area contributed by atoms with E-state index >= 15 is 0 Å². The lowest BCUT2D eigenvalue weighted by molar-refractivity contribution is -0.0766. The van der Waals surface area contributed by atoms with E-state index in [2.05, 4.69) is 0 Å². The highest BCUT2D eigenvalue weighted by atomic mass is 32.3. The molecule has 0 amide bonds. The van der Waals surface area contributed by atoms with Crippen LogP contribution in [-0.2, 0) is 101 Å². The Labute approximate surface area is 657 Å². The van der Waals surface area contributed by atoms with Crippen molar-refractivity contribution in [2.45, 2.75) is 195 Å². The molecule has 10 N–H and O–H groups in total. The van der Waals surface area contributed by atoms with Gasteiger partial charge in [0.2, 0.25) is 0 Å². The van der Waals surface area contributed by atoms with Crippen LogP contribution < -0.4 is 0 Å². The number of hydrogen-bond acceptors (Lipinski definition) is 20. The smallest absolute Gasteiger partial charge is 0.268 e. The zero-order chi connectivity index (χ0) is 80.0. The molecule has 0 radical (unpaired) electrons. The Hall–Kier alpha value is -0.900. The van der Waals surface area contributed by atoms with Crippen LogP contribution in [0.25, 0.3) is 0 Å². The summed E-state index contributed by atoms with van der Waals surface area (Å²) in [4.78, 5) is 0. The van der Waals surface area contributed by atoms with E-state index < -0.39 is 367 Å². The molecule has 112 heavy (non-hydrogen) atoms. The molecule has 634 valence electrons. The fraction of sp³-hybridized carbons (Fsp3) is 1.00. The average Bonchev–Trinajstić information content (AvgIpc) is 1.51. The van der Waals surface area contributed by atoms with Gasteiger partial charge in [0, 0.05) is 0 Å². The Kier molecular flexibility index (Phi) is 17.7. The van der Waals surface area contributed by atoms with Crippen molar-refractivity contribution in [2.24, 2.45) is 237 Å². The fourth-order valence-corrected chi connectivity index (χ4v) is 50.3.